The van der Waals surface area contributed by atoms with Crippen molar-refractivity contribution in [3.05, 3.63) is 58.4 Å². The summed E-state index contributed by atoms with van der Waals surface area (Å²) in [5.41, 5.74) is 1.31. The van der Waals surface area contributed by atoms with Gasteiger partial charge in [-0.2, -0.15) is 0 Å². The van der Waals surface area contributed by atoms with Gasteiger partial charge in [0, 0.05) is 5.56 Å². The van der Waals surface area contributed by atoms with Gasteiger partial charge in [0.05, 0.1) is 24.6 Å². The van der Waals surface area contributed by atoms with Crippen molar-refractivity contribution in [2.24, 2.45) is 0 Å². The first-order chi connectivity index (χ1) is 10.1. The van der Waals surface area contributed by atoms with Gasteiger partial charge in [0.15, 0.2) is 11.5 Å². The Morgan fingerprint density at radius 3 is 2.48 bits per heavy atom. The van der Waals surface area contributed by atoms with Crippen molar-refractivity contribution in [1.82, 2.24) is 0 Å². The zero-order chi connectivity index (χ0) is 15.4. The molecule has 0 aliphatic heterocycles. The summed E-state index contributed by atoms with van der Waals surface area (Å²) in [7, 11) is 3.14. The second-order valence-electron chi connectivity index (χ2n) is 4.50. The maximum Gasteiger partial charge on any atom is 0.160 e. The number of hydrogen-bond donors (Lipinski definition) is 0. The van der Waals surface area contributed by atoms with E-state index in [1.54, 1.807) is 32.4 Å². The van der Waals surface area contributed by atoms with E-state index in [-0.39, 0.29) is 5.02 Å². The molecule has 0 bridgehead atoms. The minimum Gasteiger partial charge on any atom is -0.493 e. The van der Waals surface area contributed by atoms with Gasteiger partial charge in [-0.15, -0.1) is 11.6 Å². The van der Waals surface area contributed by atoms with Crippen LogP contribution in [0.2, 0.25) is 5.02 Å². The van der Waals surface area contributed by atoms with E-state index in [1.165, 1.54) is 6.07 Å². The molecule has 1 atom stereocenters. The van der Waals surface area contributed by atoms with E-state index < -0.39 is 11.2 Å². The lowest BCUT2D eigenvalue weighted by Gasteiger charge is -2.14. The highest BCUT2D eigenvalue weighted by atomic mass is 35.5. The van der Waals surface area contributed by atoms with Crippen molar-refractivity contribution in [2.45, 2.75) is 11.8 Å². The summed E-state index contributed by atoms with van der Waals surface area (Å²) < 4.78 is 24.4. The maximum absolute atomic E-state index is 14.0. The molecule has 0 fully saturated rings. The lowest BCUT2D eigenvalue weighted by Crippen LogP contribution is -2.00. The monoisotopic (exact) mass is 328 g/mol. The molecule has 0 aliphatic rings. The van der Waals surface area contributed by atoms with Crippen LogP contribution in [0.4, 0.5) is 4.39 Å². The highest BCUT2D eigenvalue weighted by molar-refractivity contribution is 6.31. The molecule has 0 aromatic heterocycles. The Bertz CT molecular complexity index is 632. The molecule has 5 heteroatoms. The number of benzene rings is 2. The molecule has 2 aromatic rings. The third-order valence-corrected chi connectivity index (χ3v) is 3.86. The quantitative estimate of drug-likeness (QED) is 0.717. The van der Waals surface area contributed by atoms with Crippen molar-refractivity contribution in [2.75, 3.05) is 14.2 Å². The first kappa shape index (κ1) is 15.9. The van der Waals surface area contributed by atoms with E-state index in [0.29, 0.717) is 23.5 Å². The van der Waals surface area contributed by atoms with Gasteiger partial charge in [-0.25, -0.2) is 4.39 Å². The van der Waals surface area contributed by atoms with Crippen LogP contribution < -0.4 is 9.47 Å². The van der Waals surface area contributed by atoms with E-state index in [2.05, 4.69) is 0 Å². The van der Waals surface area contributed by atoms with Gasteiger partial charge in [-0.1, -0.05) is 29.8 Å². The Kier molecular flexibility index (Phi) is 5.32. The van der Waals surface area contributed by atoms with Gasteiger partial charge in [0.1, 0.15) is 5.82 Å². The number of halogens is 3. The van der Waals surface area contributed by atoms with Crippen LogP contribution in [0, 0.1) is 5.82 Å². The number of methoxy groups -OCH3 is 2. The molecule has 112 valence electrons. The van der Waals surface area contributed by atoms with Gasteiger partial charge in [0.25, 0.3) is 0 Å². The first-order valence-corrected chi connectivity index (χ1v) is 7.17. The topological polar surface area (TPSA) is 18.5 Å². The standard InChI is InChI=1S/C16H15Cl2FO2/c1-20-14-7-6-10(9-15(14)21-2)8-13(18)11-4-3-5-12(17)16(11)19/h3-7,9,13H,8H2,1-2H3. The van der Waals surface area contributed by atoms with Gasteiger partial charge < -0.3 is 9.47 Å². The molecule has 0 saturated carbocycles. The van der Waals surface area contributed by atoms with Crippen molar-refractivity contribution in [3.8, 4) is 11.5 Å². The summed E-state index contributed by atoms with van der Waals surface area (Å²) >= 11 is 12.1. The Balaban J connectivity index is 2.23. The number of rotatable bonds is 5. The van der Waals surface area contributed by atoms with Gasteiger partial charge in [-0.05, 0) is 30.2 Å². The average molecular weight is 329 g/mol. The molecule has 0 amide bonds. The van der Waals surface area contributed by atoms with E-state index in [1.807, 2.05) is 12.1 Å². The van der Waals surface area contributed by atoms with Crippen molar-refractivity contribution >= 4 is 23.2 Å². The van der Waals surface area contributed by atoms with Crippen LogP contribution >= 0.6 is 23.2 Å². The Hall–Kier alpha value is -1.45. The van der Waals surface area contributed by atoms with Crippen molar-refractivity contribution in [3.63, 3.8) is 0 Å². The lowest BCUT2D eigenvalue weighted by atomic mass is 10.0. The van der Waals surface area contributed by atoms with Crippen molar-refractivity contribution < 1.29 is 13.9 Å². The van der Waals surface area contributed by atoms with Crippen LogP contribution in [0.1, 0.15) is 16.5 Å². The molecule has 0 saturated heterocycles. The van der Waals surface area contributed by atoms with Crippen LogP contribution in [0.25, 0.3) is 0 Å². The Morgan fingerprint density at radius 2 is 1.81 bits per heavy atom. The zero-order valence-electron chi connectivity index (χ0n) is 11.7. The molecule has 21 heavy (non-hydrogen) atoms. The summed E-state index contributed by atoms with van der Waals surface area (Å²) in [5, 5.41) is -0.438. The average Bonchev–Trinajstić information content (AvgIpc) is 2.49. The molecule has 0 aliphatic carbocycles. The normalized spacial score (nSPS) is 12.0. The van der Waals surface area contributed by atoms with Crippen LogP contribution in [-0.2, 0) is 6.42 Å². The largest absolute Gasteiger partial charge is 0.493 e. The summed E-state index contributed by atoms with van der Waals surface area (Å²) in [6, 6.07) is 10.3. The van der Waals surface area contributed by atoms with E-state index in [4.69, 9.17) is 32.7 Å². The van der Waals surface area contributed by atoms with Crippen LogP contribution in [0.15, 0.2) is 36.4 Å². The van der Waals surface area contributed by atoms with Gasteiger partial charge in [-0.3, -0.25) is 0 Å². The first-order valence-electron chi connectivity index (χ1n) is 6.35. The fraction of sp³-hybridized carbons (Fsp3) is 0.250. The minimum absolute atomic E-state index is 0.0745. The SMILES string of the molecule is COc1ccc(CC(Cl)c2cccc(Cl)c2F)cc1OC. The molecular formula is C16H15Cl2FO2. The lowest BCUT2D eigenvalue weighted by molar-refractivity contribution is 0.354. The van der Waals surface area contributed by atoms with Crippen molar-refractivity contribution in [1.29, 1.82) is 0 Å². The molecule has 2 nitrogen and oxygen atoms in total. The van der Waals surface area contributed by atoms with Crippen LogP contribution in [0.5, 0.6) is 11.5 Å². The summed E-state index contributed by atoms with van der Waals surface area (Å²) in [5.74, 6) is 0.784. The second kappa shape index (κ2) is 7.01. The molecular weight excluding hydrogens is 314 g/mol. The van der Waals surface area contributed by atoms with Gasteiger partial charge in [0.2, 0.25) is 0 Å². The smallest absolute Gasteiger partial charge is 0.160 e. The second-order valence-corrected chi connectivity index (χ2v) is 5.44. The summed E-state index contributed by atoms with van der Waals surface area (Å²) in [4.78, 5) is 0. The Morgan fingerprint density at radius 1 is 1.10 bits per heavy atom. The molecule has 0 spiro atoms. The highest BCUT2D eigenvalue weighted by Gasteiger charge is 2.16. The summed E-state index contributed by atoms with van der Waals surface area (Å²) in [6.45, 7) is 0. The molecule has 2 rings (SSSR count). The molecule has 1 unspecified atom stereocenters. The third-order valence-electron chi connectivity index (χ3n) is 3.18. The fourth-order valence-corrected chi connectivity index (χ4v) is 2.62. The fourth-order valence-electron chi connectivity index (χ4n) is 2.09. The number of ether oxygens (including phenoxy) is 2. The number of hydrogen-bond acceptors (Lipinski definition) is 2. The van der Waals surface area contributed by atoms with E-state index >= 15 is 0 Å². The predicted molar refractivity (Wildman–Crippen MR) is 83.3 cm³/mol. The number of alkyl halides is 1. The molecule has 0 radical (unpaired) electrons. The van der Waals surface area contributed by atoms with Gasteiger partial charge >= 0.3 is 0 Å². The maximum atomic E-state index is 14.0. The predicted octanol–water partition coefficient (Wildman–Crippen LogP) is 5.02. The van der Waals surface area contributed by atoms with Crippen LogP contribution in [0.3, 0.4) is 0 Å². The highest BCUT2D eigenvalue weighted by Crippen LogP contribution is 2.33. The van der Waals surface area contributed by atoms with E-state index in [9.17, 15) is 4.39 Å². The molecule has 0 heterocycles. The molecule has 2 aromatic carbocycles. The summed E-state index contributed by atoms with van der Waals surface area (Å²) in [6.07, 6.45) is 0.458. The third kappa shape index (κ3) is 3.60. The molecule has 0 N–H and O–H groups in total. The van der Waals surface area contributed by atoms with Crippen LogP contribution in [-0.4, -0.2) is 14.2 Å². The zero-order valence-corrected chi connectivity index (χ0v) is 13.2. The Labute approximate surface area is 133 Å². The minimum atomic E-state index is -0.512. The van der Waals surface area contributed by atoms with E-state index in [0.717, 1.165) is 5.56 Å².